The number of rotatable bonds is 11. The molecule has 3 aromatic rings. The third-order valence-electron chi connectivity index (χ3n) is 5.95. The van der Waals surface area contributed by atoms with Crippen LogP contribution in [0.1, 0.15) is 30.5 Å². The number of halogens is 2. The number of carbonyl (C=O) groups excluding carboxylic acids is 2. The van der Waals surface area contributed by atoms with Crippen molar-refractivity contribution in [3.05, 3.63) is 99.5 Å². The summed E-state index contributed by atoms with van der Waals surface area (Å²) >= 11 is 12.3. The Morgan fingerprint density at radius 2 is 1.51 bits per heavy atom. The monoisotopic (exact) mass is 589 g/mol. The second-order valence-corrected chi connectivity index (χ2v) is 12.6. The molecule has 0 unspecified atom stereocenters. The molecule has 0 heterocycles. The van der Waals surface area contributed by atoms with Gasteiger partial charge in [0.15, 0.2) is 0 Å². The van der Waals surface area contributed by atoms with Gasteiger partial charge in [0.1, 0.15) is 12.6 Å². The fourth-order valence-corrected chi connectivity index (χ4v) is 5.59. The lowest BCUT2D eigenvalue weighted by atomic mass is 10.0. The fourth-order valence-electron chi connectivity index (χ4n) is 4.24. The van der Waals surface area contributed by atoms with Crippen molar-refractivity contribution in [1.29, 1.82) is 0 Å². The van der Waals surface area contributed by atoms with Crippen LogP contribution in [0, 0.1) is 6.92 Å². The van der Waals surface area contributed by atoms with Crippen LogP contribution in [0.3, 0.4) is 0 Å². The lowest BCUT2D eigenvalue weighted by Crippen LogP contribution is -2.54. The highest BCUT2D eigenvalue weighted by Gasteiger charge is 2.33. The Labute approximate surface area is 240 Å². The highest BCUT2D eigenvalue weighted by molar-refractivity contribution is 7.92. The summed E-state index contributed by atoms with van der Waals surface area (Å²) in [4.78, 5) is 29.0. The van der Waals surface area contributed by atoms with Crippen molar-refractivity contribution < 1.29 is 18.0 Å². The van der Waals surface area contributed by atoms with E-state index in [1.807, 2.05) is 75.4 Å². The second kappa shape index (κ2) is 13.3. The number of sulfonamides is 1. The van der Waals surface area contributed by atoms with Gasteiger partial charge in [0.2, 0.25) is 21.8 Å². The van der Waals surface area contributed by atoms with Gasteiger partial charge in [-0.3, -0.25) is 13.9 Å². The summed E-state index contributed by atoms with van der Waals surface area (Å²) < 4.78 is 26.6. The quantitative estimate of drug-likeness (QED) is 0.331. The van der Waals surface area contributed by atoms with E-state index in [0.717, 1.165) is 27.3 Å². The van der Waals surface area contributed by atoms with E-state index in [2.05, 4.69) is 5.32 Å². The van der Waals surface area contributed by atoms with Crippen LogP contribution >= 0.6 is 23.2 Å². The number of amides is 2. The largest absolute Gasteiger partial charge is 0.352 e. The van der Waals surface area contributed by atoms with Crippen molar-refractivity contribution in [3.63, 3.8) is 0 Å². The van der Waals surface area contributed by atoms with Gasteiger partial charge in [-0.15, -0.1) is 0 Å². The van der Waals surface area contributed by atoms with E-state index < -0.39 is 28.5 Å². The summed E-state index contributed by atoms with van der Waals surface area (Å²) in [6.45, 7) is 5.20. The number of nitrogens with zero attached hydrogens (tertiary/aromatic N) is 2. The molecule has 0 aliphatic rings. The van der Waals surface area contributed by atoms with Crippen molar-refractivity contribution >= 4 is 50.7 Å². The van der Waals surface area contributed by atoms with Crippen LogP contribution in [0.4, 0.5) is 5.69 Å². The smallest absolute Gasteiger partial charge is 0.244 e. The maximum Gasteiger partial charge on any atom is 0.244 e. The van der Waals surface area contributed by atoms with Gasteiger partial charge >= 0.3 is 0 Å². The molecule has 7 nitrogen and oxygen atoms in total. The number of hydrogen-bond acceptors (Lipinski definition) is 4. The van der Waals surface area contributed by atoms with Crippen molar-refractivity contribution in [1.82, 2.24) is 10.2 Å². The van der Waals surface area contributed by atoms with E-state index in [1.54, 1.807) is 0 Å². The minimum Gasteiger partial charge on any atom is -0.352 e. The molecule has 0 aromatic heterocycles. The molecule has 0 aliphatic carbocycles. The van der Waals surface area contributed by atoms with Crippen molar-refractivity contribution in [2.75, 3.05) is 17.1 Å². The molecular weight excluding hydrogens is 557 g/mol. The third-order valence-corrected chi connectivity index (χ3v) is 7.53. The van der Waals surface area contributed by atoms with Gasteiger partial charge in [0.25, 0.3) is 0 Å². The van der Waals surface area contributed by atoms with Gasteiger partial charge < -0.3 is 10.2 Å². The lowest BCUT2D eigenvalue weighted by Gasteiger charge is -2.34. The Kier molecular flexibility index (Phi) is 10.4. The first-order chi connectivity index (χ1) is 18.3. The molecule has 0 spiro atoms. The first-order valence-corrected chi connectivity index (χ1v) is 15.1. The normalized spacial score (nSPS) is 12.2. The van der Waals surface area contributed by atoms with E-state index >= 15 is 0 Å². The minimum atomic E-state index is -3.92. The van der Waals surface area contributed by atoms with Crippen LogP contribution in [0.5, 0.6) is 0 Å². The van der Waals surface area contributed by atoms with E-state index in [1.165, 1.54) is 23.1 Å². The predicted octanol–water partition coefficient (Wildman–Crippen LogP) is 5.23. The molecule has 0 saturated heterocycles. The predicted molar refractivity (Wildman–Crippen MR) is 158 cm³/mol. The van der Waals surface area contributed by atoms with Crippen molar-refractivity contribution in [2.24, 2.45) is 0 Å². The molecule has 39 heavy (non-hydrogen) atoms. The molecule has 0 fully saturated rings. The first-order valence-electron chi connectivity index (χ1n) is 12.5. The Morgan fingerprint density at radius 1 is 0.897 bits per heavy atom. The summed E-state index contributed by atoms with van der Waals surface area (Å²) in [5.74, 6) is -0.871. The zero-order valence-corrected chi connectivity index (χ0v) is 24.7. The highest BCUT2D eigenvalue weighted by Crippen LogP contribution is 2.27. The number of carbonyl (C=O) groups is 2. The zero-order chi connectivity index (χ0) is 28.7. The number of anilines is 1. The molecule has 2 amide bonds. The summed E-state index contributed by atoms with van der Waals surface area (Å²) in [6, 6.07) is 20.3. The van der Waals surface area contributed by atoms with Crippen LogP contribution in [-0.4, -0.2) is 50.0 Å². The highest BCUT2D eigenvalue weighted by atomic mass is 35.5. The Bertz CT molecular complexity index is 1390. The molecule has 0 bridgehead atoms. The first kappa shape index (κ1) is 30.5. The number of nitrogens with one attached hydrogen (secondary N) is 1. The summed E-state index contributed by atoms with van der Waals surface area (Å²) in [7, 11) is -3.92. The van der Waals surface area contributed by atoms with Gasteiger partial charge in [-0.25, -0.2) is 8.42 Å². The topological polar surface area (TPSA) is 86.8 Å². The summed E-state index contributed by atoms with van der Waals surface area (Å²) in [6.07, 6.45) is 1.26. The van der Waals surface area contributed by atoms with E-state index in [0.29, 0.717) is 0 Å². The van der Waals surface area contributed by atoms with E-state index in [-0.39, 0.29) is 40.6 Å². The molecular formula is C29H33Cl2N3O4S. The molecule has 1 atom stereocenters. The van der Waals surface area contributed by atoms with Gasteiger partial charge in [0, 0.05) is 29.1 Å². The molecule has 0 saturated carbocycles. The molecule has 0 aliphatic heterocycles. The number of benzene rings is 3. The molecule has 208 valence electrons. The van der Waals surface area contributed by atoms with Crippen LogP contribution in [0.15, 0.2) is 72.8 Å². The average molecular weight is 591 g/mol. The Hall–Kier alpha value is -3.07. The third kappa shape index (κ3) is 8.98. The van der Waals surface area contributed by atoms with E-state index in [4.69, 9.17) is 23.2 Å². The van der Waals surface area contributed by atoms with Gasteiger partial charge in [0.05, 0.1) is 11.9 Å². The maximum absolute atomic E-state index is 14.0. The molecule has 0 radical (unpaired) electrons. The zero-order valence-electron chi connectivity index (χ0n) is 22.4. The minimum absolute atomic E-state index is 0.109. The fraction of sp³-hybridized carbons (Fsp3) is 0.310. The second-order valence-electron chi connectivity index (χ2n) is 9.78. The summed E-state index contributed by atoms with van der Waals surface area (Å²) in [5.41, 5.74) is 2.84. The molecule has 10 heteroatoms. The Balaban J connectivity index is 2.07. The number of hydrogen-bond donors (Lipinski definition) is 1. The van der Waals surface area contributed by atoms with Gasteiger partial charge in [-0.1, -0.05) is 83.4 Å². The van der Waals surface area contributed by atoms with Crippen molar-refractivity contribution in [2.45, 2.75) is 45.8 Å². The number of aryl methyl sites for hydroxylation is 1. The van der Waals surface area contributed by atoms with Gasteiger partial charge in [-0.2, -0.15) is 0 Å². The SMILES string of the molecule is Cc1cccc(CN(C(=O)CN(c2cc(Cl)cc(Cl)c2)S(C)(=O)=O)[C@H](Cc2ccccc2)C(=O)NC(C)C)c1. The van der Waals surface area contributed by atoms with Crippen LogP contribution < -0.4 is 9.62 Å². The Morgan fingerprint density at radius 3 is 2.08 bits per heavy atom. The molecule has 3 rings (SSSR count). The van der Waals surface area contributed by atoms with Crippen molar-refractivity contribution in [3.8, 4) is 0 Å². The standard InChI is InChI=1S/C29H33Cl2N3O4S/c1-20(2)32-29(36)27(14-22-10-6-5-7-11-22)33(18-23-12-8-9-21(3)13-23)28(35)19-34(39(4,37)38)26-16-24(30)15-25(31)17-26/h5-13,15-17,20,27H,14,18-19H2,1-4H3,(H,32,36)/t27-/m1/s1. The molecule has 3 aromatic carbocycles. The average Bonchev–Trinajstić information content (AvgIpc) is 2.83. The lowest BCUT2D eigenvalue weighted by molar-refractivity contribution is -0.140. The maximum atomic E-state index is 14.0. The van der Waals surface area contributed by atoms with E-state index in [9.17, 15) is 18.0 Å². The van der Waals surface area contributed by atoms with Gasteiger partial charge in [-0.05, 0) is 50.1 Å². The molecule has 1 N–H and O–H groups in total. The summed E-state index contributed by atoms with van der Waals surface area (Å²) in [5, 5.41) is 3.39. The van der Waals surface area contributed by atoms with Crippen LogP contribution in [-0.2, 0) is 32.6 Å². The van der Waals surface area contributed by atoms with Crippen LogP contribution in [0.2, 0.25) is 10.0 Å². The van der Waals surface area contributed by atoms with Crippen LogP contribution in [0.25, 0.3) is 0 Å².